The summed E-state index contributed by atoms with van der Waals surface area (Å²) in [5.74, 6) is -2.20. The fraction of sp³-hybridized carbons (Fsp3) is 0.812. The van der Waals surface area contributed by atoms with Crippen LogP contribution in [0.4, 0.5) is 0 Å². The van der Waals surface area contributed by atoms with Gasteiger partial charge >= 0.3 is 133 Å². The summed E-state index contributed by atoms with van der Waals surface area (Å²) < 4.78 is 10.6. The van der Waals surface area contributed by atoms with E-state index in [2.05, 4.69) is 0 Å². The molecule has 5 nitrogen and oxygen atoms in total. The van der Waals surface area contributed by atoms with E-state index in [0.717, 1.165) is 19.3 Å². The van der Waals surface area contributed by atoms with Crippen LogP contribution in [0.15, 0.2) is 0 Å². The summed E-state index contributed by atoms with van der Waals surface area (Å²) in [4.78, 5) is 23.2. The van der Waals surface area contributed by atoms with Crippen molar-refractivity contribution < 1.29 is 24.2 Å². The van der Waals surface area contributed by atoms with E-state index in [-0.39, 0.29) is 12.5 Å². The summed E-state index contributed by atoms with van der Waals surface area (Å²) in [5.41, 5.74) is 0.507. The Labute approximate surface area is 133 Å². The Balaban J connectivity index is 2.25. The van der Waals surface area contributed by atoms with Gasteiger partial charge in [0.1, 0.15) is 0 Å². The second-order valence-electron chi connectivity index (χ2n) is 5.92. The van der Waals surface area contributed by atoms with Gasteiger partial charge in [0.15, 0.2) is 0 Å². The first-order chi connectivity index (χ1) is 10.5. The van der Waals surface area contributed by atoms with Crippen molar-refractivity contribution in [3.63, 3.8) is 0 Å². The zero-order valence-electron chi connectivity index (χ0n) is 13.5. The monoisotopic (exact) mass is 309 g/mol. The van der Waals surface area contributed by atoms with Gasteiger partial charge < -0.3 is 0 Å². The van der Waals surface area contributed by atoms with Crippen molar-refractivity contribution in [2.75, 3.05) is 13.2 Å². The molecular formula is C16H26BO5. The molecule has 1 saturated carbocycles. The van der Waals surface area contributed by atoms with Crippen LogP contribution in [0.2, 0.25) is 0 Å². The van der Waals surface area contributed by atoms with Crippen LogP contribution in [0.3, 0.4) is 0 Å². The zero-order valence-corrected chi connectivity index (χ0v) is 13.5. The molecule has 0 saturated heterocycles. The summed E-state index contributed by atoms with van der Waals surface area (Å²) in [5, 5.41) is 9.16. The molecule has 0 aromatic rings. The van der Waals surface area contributed by atoms with Crippen molar-refractivity contribution >= 4 is 25.1 Å². The Kier molecular flexibility index (Phi) is 8.21. The molecule has 0 amide bonds. The number of carboxylic acid groups (broad SMARTS) is 1. The van der Waals surface area contributed by atoms with E-state index in [9.17, 15) is 9.59 Å². The third-order valence-electron chi connectivity index (χ3n) is 4.29. The molecule has 3 unspecified atom stereocenters. The van der Waals surface area contributed by atoms with E-state index in [1.807, 2.05) is 13.8 Å². The molecule has 0 bridgehead atoms. The minimum absolute atomic E-state index is 0.209. The fourth-order valence-electron chi connectivity index (χ4n) is 2.58. The van der Waals surface area contributed by atoms with Crippen LogP contribution < -0.4 is 0 Å². The molecule has 1 aliphatic carbocycles. The first kappa shape index (κ1) is 18.7. The molecule has 1 fully saturated rings. The first-order valence-electron chi connectivity index (χ1n) is 8.11. The van der Waals surface area contributed by atoms with Gasteiger partial charge in [-0.05, 0) is 0 Å². The van der Waals surface area contributed by atoms with E-state index in [1.165, 1.54) is 0 Å². The summed E-state index contributed by atoms with van der Waals surface area (Å²) in [6.45, 7) is 4.65. The summed E-state index contributed by atoms with van der Waals surface area (Å²) in [6, 6.07) is 0. The molecule has 0 aromatic heterocycles. The Morgan fingerprint density at radius 2 is 1.77 bits per heavy atom. The zero-order chi connectivity index (χ0) is 16.5. The number of rotatable bonds is 9. The van der Waals surface area contributed by atoms with E-state index >= 15 is 0 Å². The van der Waals surface area contributed by atoms with Gasteiger partial charge in [0.05, 0.1) is 0 Å². The molecule has 0 aromatic carbocycles. The predicted octanol–water partition coefficient (Wildman–Crippen LogP) is 2.17. The van der Waals surface area contributed by atoms with Crippen LogP contribution in [-0.4, -0.2) is 43.4 Å². The Morgan fingerprint density at radius 1 is 1.18 bits per heavy atom. The van der Waals surface area contributed by atoms with Crippen molar-refractivity contribution in [2.45, 2.75) is 52.4 Å². The molecule has 22 heavy (non-hydrogen) atoms. The molecule has 1 radical (unpaired) electrons. The van der Waals surface area contributed by atoms with Crippen molar-refractivity contribution in [3.05, 3.63) is 0 Å². The van der Waals surface area contributed by atoms with Gasteiger partial charge in [-0.15, -0.1) is 0 Å². The predicted molar refractivity (Wildman–Crippen MR) is 84.8 cm³/mol. The van der Waals surface area contributed by atoms with Crippen LogP contribution in [0.5, 0.6) is 0 Å². The second-order valence-corrected chi connectivity index (χ2v) is 5.92. The van der Waals surface area contributed by atoms with Crippen molar-refractivity contribution in [3.8, 4) is 0 Å². The summed E-state index contributed by atoms with van der Waals surface area (Å²) in [7, 11) is 5.76. The van der Waals surface area contributed by atoms with E-state index < -0.39 is 23.8 Å². The van der Waals surface area contributed by atoms with Crippen LogP contribution in [0.1, 0.15) is 52.4 Å². The Hall–Kier alpha value is -1.33. The number of carbonyl (C=O) groups is 2. The van der Waals surface area contributed by atoms with Crippen molar-refractivity contribution in [1.29, 1.82) is 0 Å². The number of hydrogen-bond donors (Lipinski definition) is 1. The molecule has 0 spiro atoms. The maximum atomic E-state index is 12.0. The average Bonchev–Trinajstić information content (AvgIpc) is 2.53. The van der Waals surface area contributed by atoms with Gasteiger partial charge in [0, 0.05) is 0 Å². The molecule has 0 heterocycles. The molecule has 3 atom stereocenters. The van der Waals surface area contributed by atoms with Crippen LogP contribution in [0.25, 0.3) is 0 Å². The second kappa shape index (κ2) is 9.64. The number of carbonyl (C=O) groups excluding carboxylic acids is 1. The van der Waals surface area contributed by atoms with Crippen molar-refractivity contribution in [1.82, 2.24) is 0 Å². The topological polar surface area (TPSA) is 72.8 Å². The molecular weight excluding hydrogens is 283 g/mol. The van der Waals surface area contributed by atoms with Crippen LogP contribution in [-0.2, 0) is 19.1 Å². The normalized spacial score (nSPS) is 22.6. The van der Waals surface area contributed by atoms with Gasteiger partial charge in [-0.3, -0.25) is 0 Å². The molecule has 1 N–H and O–H groups in total. The molecule has 1 rings (SSSR count). The minimum atomic E-state index is -0.902. The Bertz CT molecular complexity index is 396. The van der Waals surface area contributed by atoms with Gasteiger partial charge in [0.25, 0.3) is 0 Å². The Morgan fingerprint density at radius 3 is 2.36 bits per heavy atom. The van der Waals surface area contributed by atoms with E-state index in [1.54, 1.807) is 0 Å². The number of carboxylic acids is 1. The number of ether oxygens (including phenoxy) is 2. The van der Waals surface area contributed by atoms with E-state index in [4.69, 9.17) is 22.1 Å². The van der Waals surface area contributed by atoms with Gasteiger partial charge in [-0.1, -0.05) is 0 Å². The van der Waals surface area contributed by atoms with E-state index in [0.29, 0.717) is 31.5 Å². The third-order valence-corrected chi connectivity index (χ3v) is 4.29. The van der Waals surface area contributed by atoms with Crippen LogP contribution >= 0.6 is 0 Å². The third kappa shape index (κ3) is 5.81. The number of aliphatic carboxylic acids is 1. The first-order valence-corrected chi connectivity index (χ1v) is 8.11. The van der Waals surface area contributed by atoms with Crippen molar-refractivity contribution in [2.24, 2.45) is 17.8 Å². The maximum absolute atomic E-state index is 12.0. The number of esters is 1. The van der Waals surface area contributed by atoms with Gasteiger partial charge in [-0.25, -0.2) is 0 Å². The standard InChI is InChI=1S/C16H26BO5/c1-3-11(2)14(17)21-9-6-10-22-16(20)13-8-5-4-7-12(13)15(18)19/h11-13H,3-10H2,1-2H3,(H,18,19). The SMILES string of the molecule is [B]=C(OCCCOC(=O)C1CCCCC1C(=O)O)C(C)CC. The summed E-state index contributed by atoms with van der Waals surface area (Å²) >= 11 is 0. The fourth-order valence-corrected chi connectivity index (χ4v) is 2.58. The quantitative estimate of drug-likeness (QED) is 0.401. The summed E-state index contributed by atoms with van der Waals surface area (Å²) in [6.07, 6.45) is 4.36. The van der Waals surface area contributed by atoms with Gasteiger partial charge in [-0.2, -0.15) is 0 Å². The molecule has 123 valence electrons. The molecule has 0 aliphatic heterocycles. The molecule has 6 heteroatoms. The van der Waals surface area contributed by atoms with Crippen LogP contribution in [0, 0.1) is 17.8 Å². The van der Waals surface area contributed by atoms with Gasteiger partial charge in [0.2, 0.25) is 0 Å². The number of hydrogen-bond acceptors (Lipinski definition) is 4. The average molecular weight is 309 g/mol. The molecule has 1 aliphatic rings.